The van der Waals surface area contributed by atoms with Crippen LogP contribution in [0.25, 0.3) is 0 Å². The average Bonchev–Trinajstić information content (AvgIpc) is 3.04. The molecule has 5 nitrogen and oxygen atoms in total. The molecule has 26 heavy (non-hydrogen) atoms. The number of ether oxygens (including phenoxy) is 1. The molecule has 3 heterocycles. The fraction of sp³-hybridized carbons (Fsp3) is 0.619. The summed E-state index contributed by atoms with van der Waals surface area (Å²) in [5, 5.41) is 0. The van der Waals surface area contributed by atoms with Crippen molar-refractivity contribution in [2.45, 2.75) is 38.0 Å². The number of piperidine rings is 1. The topological polar surface area (TPSA) is 49.9 Å². The van der Waals surface area contributed by atoms with Crippen LogP contribution in [0, 0.1) is 5.41 Å². The normalized spacial score (nSPS) is 25.7. The molecule has 1 aromatic carbocycles. The van der Waals surface area contributed by atoms with Crippen molar-refractivity contribution in [2.75, 3.05) is 39.4 Å². The summed E-state index contributed by atoms with van der Waals surface area (Å²) in [7, 11) is 0. The lowest BCUT2D eigenvalue weighted by molar-refractivity contribution is -0.142. The van der Waals surface area contributed by atoms with Crippen LogP contribution in [0.1, 0.15) is 43.6 Å². The first kappa shape index (κ1) is 17.5. The SMILES string of the molecule is O=C1C[C@@H](c2ccccc2)CN1CC(=O)N1CCCC2(CCOCC2)C1. The van der Waals surface area contributed by atoms with Crippen molar-refractivity contribution < 1.29 is 14.3 Å². The maximum absolute atomic E-state index is 12.9. The maximum Gasteiger partial charge on any atom is 0.242 e. The van der Waals surface area contributed by atoms with Crippen molar-refractivity contribution in [3.8, 4) is 0 Å². The zero-order valence-electron chi connectivity index (χ0n) is 15.4. The Morgan fingerprint density at radius 2 is 1.92 bits per heavy atom. The van der Waals surface area contributed by atoms with Crippen LogP contribution in [-0.4, -0.2) is 61.0 Å². The molecule has 0 bridgehead atoms. The molecule has 3 fully saturated rings. The van der Waals surface area contributed by atoms with E-state index in [0.29, 0.717) is 13.0 Å². The molecule has 140 valence electrons. The molecule has 1 atom stereocenters. The highest BCUT2D eigenvalue weighted by atomic mass is 16.5. The molecule has 4 rings (SSSR count). The molecule has 1 aromatic rings. The lowest BCUT2D eigenvalue weighted by atomic mass is 9.74. The minimum absolute atomic E-state index is 0.102. The first-order valence-electron chi connectivity index (χ1n) is 9.83. The maximum atomic E-state index is 12.9. The number of carbonyl (C=O) groups is 2. The molecule has 0 radical (unpaired) electrons. The number of benzene rings is 1. The van der Waals surface area contributed by atoms with Crippen molar-refractivity contribution in [3.05, 3.63) is 35.9 Å². The van der Waals surface area contributed by atoms with E-state index in [1.807, 2.05) is 23.1 Å². The number of carbonyl (C=O) groups excluding carboxylic acids is 2. The largest absolute Gasteiger partial charge is 0.381 e. The van der Waals surface area contributed by atoms with Crippen LogP contribution in [0.5, 0.6) is 0 Å². The smallest absolute Gasteiger partial charge is 0.242 e. The van der Waals surface area contributed by atoms with Crippen molar-refractivity contribution in [2.24, 2.45) is 5.41 Å². The summed E-state index contributed by atoms with van der Waals surface area (Å²) in [5.41, 5.74) is 1.43. The van der Waals surface area contributed by atoms with Crippen molar-refractivity contribution in [1.82, 2.24) is 9.80 Å². The highest BCUT2D eigenvalue weighted by Crippen LogP contribution is 2.39. The van der Waals surface area contributed by atoms with Crippen LogP contribution in [0.15, 0.2) is 30.3 Å². The molecule has 3 saturated heterocycles. The Morgan fingerprint density at radius 3 is 2.69 bits per heavy atom. The van der Waals surface area contributed by atoms with Gasteiger partial charge in [0, 0.05) is 45.2 Å². The first-order chi connectivity index (χ1) is 12.7. The molecule has 3 aliphatic heterocycles. The lowest BCUT2D eigenvalue weighted by Crippen LogP contribution is -2.51. The minimum atomic E-state index is 0.102. The molecule has 0 aromatic heterocycles. The van der Waals surface area contributed by atoms with Crippen LogP contribution in [0.2, 0.25) is 0 Å². The van der Waals surface area contributed by atoms with E-state index in [1.54, 1.807) is 4.90 Å². The highest BCUT2D eigenvalue weighted by molar-refractivity contribution is 5.86. The van der Waals surface area contributed by atoms with Crippen molar-refractivity contribution in [3.63, 3.8) is 0 Å². The third kappa shape index (κ3) is 3.63. The molecule has 3 aliphatic rings. The summed E-state index contributed by atoms with van der Waals surface area (Å²) in [6.07, 6.45) is 4.87. The van der Waals surface area contributed by atoms with Crippen LogP contribution in [0.4, 0.5) is 0 Å². The van der Waals surface area contributed by atoms with Gasteiger partial charge in [-0.2, -0.15) is 0 Å². The van der Waals surface area contributed by atoms with E-state index in [0.717, 1.165) is 45.6 Å². The van der Waals surface area contributed by atoms with E-state index in [4.69, 9.17) is 4.74 Å². The molecule has 5 heteroatoms. The van der Waals surface area contributed by atoms with Crippen molar-refractivity contribution in [1.29, 1.82) is 0 Å². The van der Waals surface area contributed by atoms with Gasteiger partial charge in [-0.15, -0.1) is 0 Å². The Balaban J connectivity index is 1.36. The first-order valence-corrected chi connectivity index (χ1v) is 9.83. The van der Waals surface area contributed by atoms with Gasteiger partial charge in [-0.3, -0.25) is 9.59 Å². The predicted octanol–water partition coefficient (Wildman–Crippen LogP) is 2.42. The fourth-order valence-corrected chi connectivity index (χ4v) is 4.77. The molecule has 1 spiro atoms. The van der Waals surface area contributed by atoms with Gasteiger partial charge in [-0.25, -0.2) is 0 Å². The van der Waals surface area contributed by atoms with Gasteiger partial charge >= 0.3 is 0 Å². The van der Waals surface area contributed by atoms with E-state index in [-0.39, 0.29) is 29.7 Å². The van der Waals surface area contributed by atoms with Gasteiger partial charge in [-0.05, 0) is 36.7 Å². The van der Waals surface area contributed by atoms with E-state index in [9.17, 15) is 9.59 Å². The second-order valence-electron chi connectivity index (χ2n) is 8.12. The van der Waals surface area contributed by atoms with E-state index in [1.165, 1.54) is 12.0 Å². The van der Waals surface area contributed by atoms with Crippen LogP contribution < -0.4 is 0 Å². The Bertz CT molecular complexity index is 649. The second-order valence-corrected chi connectivity index (χ2v) is 8.12. The quantitative estimate of drug-likeness (QED) is 0.836. The fourth-order valence-electron chi connectivity index (χ4n) is 4.77. The molecule has 0 unspecified atom stereocenters. The summed E-state index contributed by atoms with van der Waals surface area (Å²) in [6, 6.07) is 10.2. The third-order valence-electron chi connectivity index (χ3n) is 6.38. The van der Waals surface area contributed by atoms with Gasteiger partial charge in [0.15, 0.2) is 0 Å². The molecule has 0 N–H and O–H groups in total. The van der Waals surface area contributed by atoms with Crippen LogP contribution >= 0.6 is 0 Å². The Morgan fingerprint density at radius 1 is 1.15 bits per heavy atom. The van der Waals surface area contributed by atoms with Gasteiger partial charge in [0.2, 0.25) is 11.8 Å². The number of hydrogen-bond acceptors (Lipinski definition) is 3. The summed E-state index contributed by atoms with van der Waals surface area (Å²) in [5.74, 6) is 0.419. The Kier molecular flexibility index (Phi) is 4.98. The van der Waals surface area contributed by atoms with Gasteiger partial charge in [0.1, 0.15) is 0 Å². The van der Waals surface area contributed by atoms with Gasteiger partial charge < -0.3 is 14.5 Å². The summed E-state index contributed by atoms with van der Waals surface area (Å²) < 4.78 is 5.51. The number of rotatable bonds is 3. The van der Waals surface area contributed by atoms with E-state index < -0.39 is 0 Å². The Hall–Kier alpha value is -1.88. The zero-order chi connectivity index (χ0) is 18.0. The second kappa shape index (κ2) is 7.39. The third-order valence-corrected chi connectivity index (χ3v) is 6.38. The number of amides is 2. The molecule has 0 aliphatic carbocycles. The molecule has 2 amide bonds. The molecular weight excluding hydrogens is 328 g/mol. The van der Waals surface area contributed by atoms with Gasteiger partial charge in [-0.1, -0.05) is 30.3 Å². The standard InChI is InChI=1S/C21H28N2O3/c24-19-13-18(17-5-2-1-3-6-17)14-23(19)15-20(25)22-10-4-7-21(16-22)8-11-26-12-9-21/h1-3,5-6,18H,4,7-16H2/t18-/m1/s1. The predicted molar refractivity (Wildman–Crippen MR) is 98.7 cm³/mol. The zero-order valence-corrected chi connectivity index (χ0v) is 15.4. The minimum Gasteiger partial charge on any atom is -0.381 e. The lowest BCUT2D eigenvalue weighted by Gasteiger charge is -2.45. The van der Waals surface area contributed by atoms with E-state index >= 15 is 0 Å². The van der Waals surface area contributed by atoms with Crippen LogP contribution in [0.3, 0.4) is 0 Å². The van der Waals surface area contributed by atoms with Gasteiger partial charge in [0.25, 0.3) is 0 Å². The number of hydrogen-bond donors (Lipinski definition) is 0. The summed E-state index contributed by atoms with van der Waals surface area (Å²) in [4.78, 5) is 29.0. The highest BCUT2D eigenvalue weighted by Gasteiger charge is 2.39. The van der Waals surface area contributed by atoms with E-state index in [2.05, 4.69) is 12.1 Å². The monoisotopic (exact) mass is 356 g/mol. The summed E-state index contributed by atoms with van der Waals surface area (Å²) in [6.45, 7) is 4.16. The Labute approximate surface area is 155 Å². The van der Waals surface area contributed by atoms with Crippen LogP contribution in [-0.2, 0) is 14.3 Å². The summed E-state index contributed by atoms with van der Waals surface area (Å²) >= 11 is 0. The van der Waals surface area contributed by atoms with Gasteiger partial charge in [0.05, 0.1) is 6.54 Å². The number of nitrogens with zero attached hydrogens (tertiary/aromatic N) is 2. The molecular formula is C21H28N2O3. The molecule has 0 saturated carbocycles. The average molecular weight is 356 g/mol. The van der Waals surface area contributed by atoms with Crippen molar-refractivity contribution >= 4 is 11.8 Å². The number of likely N-dealkylation sites (tertiary alicyclic amines) is 2.